The lowest BCUT2D eigenvalue weighted by Crippen LogP contribution is -2.51. The molecular weight excluding hydrogens is 454 g/mol. The van der Waals surface area contributed by atoms with Gasteiger partial charge in [-0.2, -0.15) is 0 Å². The lowest BCUT2D eigenvalue weighted by atomic mass is 10.00. The number of nitrogens with zero attached hydrogens (tertiary/aromatic N) is 1. The van der Waals surface area contributed by atoms with Crippen molar-refractivity contribution in [2.24, 2.45) is 0 Å². The van der Waals surface area contributed by atoms with Crippen LogP contribution in [0.1, 0.15) is 76.6 Å². The number of benzene rings is 2. The van der Waals surface area contributed by atoms with E-state index in [1.54, 1.807) is 32.6 Å². The summed E-state index contributed by atoms with van der Waals surface area (Å²) in [5, 5.41) is 5.66. The number of aryl methyl sites for hydroxylation is 2. The molecule has 0 aliphatic heterocycles. The summed E-state index contributed by atoms with van der Waals surface area (Å²) >= 11 is 0. The van der Waals surface area contributed by atoms with Gasteiger partial charge in [0, 0.05) is 12.2 Å². The Labute approximate surface area is 215 Å². The topological polar surface area (TPSA) is 87.7 Å². The highest BCUT2D eigenvalue weighted by Crippen LogP contribution is 2.26. The van der Waals surface area contributed by atoms with Crippen LogP contribution in [0.25, 0.3) is 0 Å². The highest BCUT2D eigenvalue weighted by molar-refractivity contribution is 5.99. The van der Waals surface area contributed by atoms with Gasteiger partial charge < -0.3 is 20.3 Å². The molecule has 7 nitrogen and oxygen atoms in total. The van der Waals surface area contributed by atoms with Gasteiger partial charge in [-0.05, 0) is 65.2 Å². The SMILES string of the molecule is CCCCCN(C(=O)C(C)NC(=O)OC(C)(C)C)C(C(=O)Nc1ccccc1C)c1cccc(C)c1. The molecule has 0 saturated heterocycles. The van der Waals surface area contributed by atoms with E-state index >= 15 is 0 Å². The van der Waals surface area contributed by atoms with Gasteiger partial charge in [-0.25, -0.2) is 4.79 Å². The quantitative estimate of drug-likeness (QED) is 0.401. The van der Waals surface area contributed by atoms with Gasteiger partial charge in [0.1, 0.15) is 17.7 Å². The van der Waals surface area contributed by atoms with Crippen molar-refractivity contribution in [3.05, 3.63) is 65.2 Å². The first-order valence-corrected chi connectivity index (χ1v) is 12.7. The van der Waals surface area contributed by atoms with Crippen LogP contribution in [0.3, 0.4) is 0 Å². The average Bonchev–Trinajstić information content (AvgIpc) is 2.78. The third kappa shape index (κ3) is 8.70. The van der Waals surface area contributed by atoms with Crippen molar-refractivity contribution >= 4 is 23.6 Å². The molecule has 0 heterocycles. The summed E-state index contributed by atoms with van der Waals surface area (Å²) in [5.41, 5.74) is 2.64. The highest BCUT2D eigenvalue weighted by Gasteiger charge is 2.34. The Morgan fingerprint density at radius 2 is 1.69 bits per heavy atom. The number of rotatable bonds is 10. The minimum Gasteiger partial charge on any atom is -0.444 e. The molecule has 3 amide bonds. The van der Waals surface area contributed by atoms with Gasteiger partial charge in [0.15, 0.2) is 0 Å². The minimum atomic E-state index is -0.875. The standard InChI is InChI=1S/C29H41N3O4/c1-8-9-12-18-32(27(34)22(4)30-28(35)36-29(5,6)7)25(23-16-13-14-20(2)19-23)26(33)31-24-17-11-10-15-21(24)3/h10-11,13-17,19,22,25H,8-9,12,18H2,1-7H3,(H,30,35)(H,31,33). The van der Waals surface area contributed by atoms with Crippen molar-refractivity contribution in [2.75, 3.05) is 11.9 Å². The Balaban J connectivity index is 2.43. The number of amides is 3. The molecule has 2 aromatic rings. The largest absolute Gasteiger partial charge is 0.444 e. The molecule has 0 spiro atoms. The van der Waals surface area contributed by atoms with Crippen LogP contribution in [0.5, 0.6) is 0 Å². The van der Waals surface area contributed by atoms with E-state index in [0.29, 0.717) is 12.2 Å². The molecule has 0 saturated carbocycles. The second-order valence-electron chi connectivity index (χ2n) is 10.2. The average molecular weight is 496 g/mol. The molecule has 196 valence electrons. The van der Waals surface area contributed by atoms with E-state index in [2.05, 4.69) is 17.6 Å². The summed E-state index contributed by atoms with van der Waals surface area (Å²) in [4.78, 5) is 41.5. The molecule has 2 N–H and O–H groups in total. The van der Waals surface area contributed by atoms with Crippen molar-refractivity contribution in [3.8, 4) is 0 Å². The predicted octanol–water partition coefficient (Wildman–Crippen LogP) is 5.92. The van der Waals surface area contributed by atoms with Crippen molar-refractivity contribution < 1.29 is 19.1 Å². The maximum absolute atomic E-state index is 13.8. The van der Waals surface area contributed by atoms with Crippen LogP contribution in [0, 0.1) is 13.8 Å². The molecule has 0 aliphatic carbocycles. The fraction of sp³-hybridized carbons (Fsp3) is 0.483. The van der Waals surface area contributed by atoms with Gasteiger partial charge in [-0.15, -0.1) is 0 Å². The molecule has 2 aromatic carbocycles. The number of hydrogen-bond acceptors (Lipinski definition) is 4. The van der Waals surface area contributed by atoms with Gasteiger partial charge in [-0.3, -0.25) is 9.59 Å². The number of anilines is 1. The van der Waals surface area contributed by atoms with Crippen molar-refractivity contribution in [2.45, 2.75) is 85.4 Å². The maximum atomic E-state index is 13.8. The van der Waals surface area contributed by atoms with E-state index < -0.39 is 23.8 Å². The van der Waals surface area contributed by atoms with Crippen molar-refractivity contribution in [3.63, 3.8) is 0 Å². The lowest BCUT2D eigenvalue weighted by molar-refractivity contribution is -0.140. The number of carbonyl (C=O) groups excluding carboxylic acids is 3. The molecule has 0 bridgehead atoms. The van der Waals surface area contributed by atoms with Crippen LogP contribution in [-0.2, 0) is 14.3 Å². The van der Waals surface area contributed by atoms with E-state index in [1.165, 1.54) is 0 Å². The Morgan fingerprint density at radius 3 is 2.31 bits per heavy atom. The molecule has 7 heteroatoms. The monoisotopic (exact) mass is 495 g/mol. The Hall–Kier alpha value is -3.35. The Morgan fingerprint density at radius 1 is 1.00 bits per heavy atom. The maximum Gasteiger partial charge on any atom is 0.408 e. The number of para-hydroxylation sites is 1. The van der Waals surface area contributed by atoms with E-state index in [9.17, 15) is 14.4 Å². The fourth-order valence-electron chi connectivity index (χ4n) is 3.92. The summed E-state index contributed by atoms with van der Waals surface area (Å²) in [6, 6.07) is 13.4. The molecule has 0 fully saturated rings. The number of hydrogen-bond donors (Lipinski definition) is 2. The van der Waals surface area contributed by atoms with Gasteiger partial charge in [0.2, 0.25) is 5.91 Å². The number of ether oxygens (including phenoxy) is 1. The second-order valence-corrected chi connectivity index (χ2v) is 10.2. The van der Waals surface area contributed by atoms with E-state index in [-0.39, 0.29) is 11.8 Å². The molecule has 2 rings (SSSR count). The van der Waals surface area contributed by atoms with Crippen LogP contribution >= 0.6 is 0 Å². The molecule has 0 radical (unpaired) electrons. The van der Waals surface area contributed by atoms with Gasteiger partial charge in [0.05, 0.1) is 0 Å². The zero-order chi connectivity index (χ0) is 26.9. The minimum absolute atomic E-state index is 0.302. The van der Waals surface area contributed by atoms with E-state index in [4.69, 9.17) is 4.74 Å². The van der Waals surface area contributed by atoms with Crippen molar-refractivity contribution in [1.29, 1.82) is 0 Å². The third-order valence-electron chi connectivity index (χ3n) is 5.71. The number of unbranched alkanes of at least 4 members (excludes halogenated alkanes) is 2. The van der Waals surface area contributed by atoms with Gasteiger partial charge in [0.25, 0.3) is 5.91 Å². The summed E-state index contributed by atoms with van der Waals surface area (Å²) in [5.74, 6) is -0.646. The first kappa shape index (κ1) is 28.9. The summed E-state index contributed by atoms with van der Waals surface area (Å²) in [6.07, 6.45) is 1.95. The van der Waals surface area contributed by atoms with E-state index in [1.807, 2.05) is 62.4 Å². The number of nitrogens with one attached hydrogen (secondary N) is 2. The van der Waals surface area contributed by atoms with Crippen LogP contribution in [0.2, 0.25) is 0 Å². The smallest absolute Gasteiger partial charge is 0.408 e. The molecule has 2 unspecified atom stereocenters. The zero-order valence-corrected chi connectivity index (χ0v) is 22.7. The Kier molecular flexibility index (Phi) is 10.5. The van der Waals surface area contributed by atoms with Crippen molar-refractivity contribution in [1.82, 2.24) is 10.2 Å². The first-order chi connectivity index (χ1) is 16.9. The molecule has 2 atom stereocenters. The Bertz CT molecular complexity index is 1040. The fourth-order valence-corrected chi connectivity index (χ4v) is 3.92. The van der Waals surface area contributed by atoms with Crippen LogP contribution in [0.15, 0.2) is 48.5 Å². The summed E-state index contributed by atoms with van der Waals surface area (Å²) in [6.45, 7) is 13.3. The molecular formula is C29H41N3O4. The predicted molar refractivity (Wildman–Crippen MR) is 144 cm³/mol. The number of carbonyl (C=O) groups is 3. The van der Waals surface area contributed by atoms with Gasteiger partial charge >= 0.3 is 6.09 Å². The summed E-state index contributed by atoms with van der Waals surface area (Å²) < 4.78 is 5.34. The van der Waals surface area contributed by atoms with E-state index in [0.717, 1.165) is 36.0 Å². The number of alkyl carbamates (subject to hydrolysis) is 1. The molecule has 36 heavy (non-hydrogen) atoms. The summed E-state index contributed by atoms with van der Waals surface area (Å²) in [7, 11) is 0. The second kappa shape index (κ2) is 13.1. The zero-order valence-electron chi connectivity index (χ0n) is 22.7. The first-order valence-electron chi connectivity index (χ1n) is 12.7. The lowest BCUT2D eigenvalue weighted by Gasteiger charge is -2.34. The van der Waals surface area contributed by atoms with Crippen LogP contribution < -0.4 is 10.6 Å². The highest BCUT2D eigenvalue weighted by atomic mass is 16.6. The molecule has 0 aromatic heterocycles. The van der Waals surface area contributed by atoms with Crippen LogP contribution in [0.4, 0.5) is 10.5 Å². The molecule has 0 aliphatic rings. The normalized spacial score (nSPS) is 12.9. The van der Waals surface area contributed by atoms with Gasteiger partial charge in [-0.1, -0.05) is 67.8 Å². The third-order valence-corrected chi connectivity index (χ3v) is 5.71. The van der Waals surface area contributed by atoms with Crippen LogP contribution in [-0.4, -0.2) is 41.0 Å².